The van der Waals surface area contributed by atoms with E-state index < -0.39 is 0 Å². The molecule has 1 aromatic carbocycles. The molecule has 0 bridgehead atoms. The lowest BCUT2D eigenvalue weighted by molar-refractivity contribution is 1.21. The number of aromatic nitrogens is 1. The molecule has 1 N–H and O–H groups in total. The summed E-state index contributed by atoms with van der Waals surface area (Å²) in [5.74, 6) is 0. The summed E-state index contributed by atoms with van der Waals surface area (Å²) in [4.78, 5) is 4.30. The van der Waals surface area contributed by atoms with E-state index in [4.69, 9.17) is 11.6 Å². The number of anilines is 1. The van der Waals surface area contributed by atoms with Crippen LogP contribution in [0.3, 0.4) is 0 Å². The molecule has 0 radical (unpaired) electrons. The molecular formula is C12H13ClN2. The second kappa shape index (κ2) is 4.07. The number of halogens is 1. The molecule has 0 amide bonds. The van der Waals surface area contributed by atoms with Gasteiger partial charge in [-0.15, -0.1) is 0 Å². The normalized spacial score (nSPS) is 10.6. The van der Waals surface area contributed by atoms with Crippen molar-refractivity contribution < 1.29 is 0 Å². The Morgan fingerprint density at radius 3 is 2.93 bits per heavy atom. The van der Waals surface area contributed by atoms with Crippen LogP contribution in [0, 0.1) is 6.92 Å². The van der Waals surface area contributed by atoms with E-state index in [-0.39, 0.29) is 0 Å². The van der Waals surface area contributed by atoms with Crippen LogP contribution in [0.2, 0.25) is 5.02 Å². The van der Waals surface area contributed by atoms with Gasteiger partial charge in [0.2, 0.25) is 0 Å². The molecule has 0 aliphatic rings. The van der Waals surface area contributed by atoms with Crippen LogP contribution in [-0.4, -0.2) is 11.5 Å². The van der Waals surface area contributed by atoms with Gasteiger partial charge in [-0.2, -0.15) is 0 Å². The van der Waals surface area contributed by atoms with Gasteiger partial charge in [-0.05, 0) is 37.6 Å². The number of nitrogens with one attached hydrogen (secondary N) is 1. The molecular weight excluding hydrogens is 208 g/mol. The SMILES string of the molecule is CCNc1ccnc2cc(Cl)c(C)cc12. The van der Waals surface area contributed by atoms with Gasteiger partial charge in [0.05, 0.1) is 5.52 Å². The van der Waals surface area contributed by atoms with Crippen molar-refractivity contribution in [2.45, 2.75) is 13.8 Å². The van der Waals surface area contributed by atoms with Crippen molar-refractivity contribution in [1.82, 2.24) is 4.98 Å². The van der Waals surface area contributed by atoms with Crippen LogP contribution >= 0.6 is 11.6 Å². The average molecular weight is 221 g/mol. The first-order chi connectivity index (χ1) is 7.22. The number of aryl methyl sites for hydroxylation is 1. The third kappa shape index (κ3) is 1.90. The second-order valence-corrected chi connectivity index (χ2v) is 3.91. The Kier molecular flexibility index (Phi) is 2.78. The van der Waals surface area contributed by atoms with E-state index in [2.05, 4.69) is 23.3 Å². The largest absolute Gasteiger partial charge is 0.385 e. The topological polar surface area (TPSA) is 24.9 Å². The summed E-state index contributed by atoms with van der Waals surface area (Å²) < 4.78 is 0. The highest BCUT2D eigenvalue weighted by atomic mass is 35.5. The summed E-state index contributed by atoms with van der Waals surface area (Å²) in [5, 5.41) is 5.21. The Morgan fingerprint density at radius 2 is 2.20 bits per heavy atom. The maximum absolute atomic E-state index is 6.06. The van der Waals surface area contributed by atoms with Gasteiger partial charge in [0.15, 0.2) is 0 Å². The fourth-order valence-electron chi connectivity index (χ4n) is 1.62. The van der Waals surface area contributed by atoms with E-state index in [0.29, 0.717) is 0 Å². The predicted octanol–water partition coefficient (Wildman–Crippen LogP) is 3.63. The molecule has 0 spiro atoms. The first-order valence-corrected chi connectivity index (χ1v) is 5.39. The molecule has 15 heavy (non-hydrogen) atoms. The molecule has 3 heteroatoms. The van der Waals surface area contributed by atoms with Crippen LogP contribution in [0.5, 0.6) is 0 Å². The quantitative estimate of drug-likeness (QED) is 0.836. The summed E-state index contributed by atoms with van der Waals surface area (Å²) >= 11 is 6.06. The first-order valence-electron chi connectivity index (χ1n) is 5.01. The van der Waals surface area contributed by atoms with Crippen LogP contribution in [0.15, 0.2) is 24.4 Å². The molecule has 0 aliphatic carbocycles. The number of hydrogen-bond donors (Lipinski definition) is 1. The van der Waals surface area contributed by atoms with Gasteiger partial charge >= 0.3 is 0 Å². The maximum atomic E-state index is 6.06. The van der Waals surface area contributed by atoms with E-state index >= 15 is 0 Å². The van der Waals surface area contributed by atoms with Gasteiger partial charge in [-0.3, -0.25) is 4.98 Å². The van der Waals surface area contributed by atoms with Crippen LogP contribution in [0.4, 0.5) is 5.69 Å². The number of fused-ring (bicyclic) bond motifs is 1. The van der Waals surface area contributed by atoms with E-state index in [9.17, 15) is 0 Å². The minimum atomic E-state index is 0.767. The third-order valence-electron chi connectivity index (χ3n) is 2.39. The zero-order chi connectivity index (χ0) is 10.8. The van der Waals surface area contributed by atoms with E-state index in [0.717, 1.165) is 33.7 Å². The van der Waals surface area contributed by atoms with Gasteiger partial charge in [-0.1, -0.05) is 11.6 Å². The molecule has 2 rings (SSSR count). The standard InChI is InChI=1S/C12H13ClN2/c1-3-14-11-4-5-15-12-7-10(13)8(2)6-9(11)12/h4-7H,3H2,1-2H3,(H,14,15). The Labute approximate surface area is 94.3 Å². The van der Waals surface area contributed by atoms with Gasteiger partial charge in [0.1, 0.15) is 0 Å². The Bertz CT molecular complexity index is 494. The molecule has 0 unspecified atom stereocenters. The van der Waals surface area contributed by atoms with Crippen LogP contribution in [0.25, 0.3) is 10.9 Å². The number of nitrogens with zero attached hydrogens (tertiary/aromatic N) is 1. The molecule has 1 aromatic heterocycles. The minimum Gasteiger partial charge on any atom is -0.385 e. The van der Waals surface area contributed by atoms with Crippen molar-refractivity contribution in [3.8, 4) is 0 Å². The van der Waals surface area contributed by atoms with Crippen molar-refractivity contribution in [2.75, 3.05) is 11.9 Å². The maximum Gasteiger partial charge on any atom is 0.0737 e. The fourth-order valence-corrected chi connectivity index (χ4v) is 1.78. The van der Waals surface area contributed by atoms with Crippen LogP contribution < -0.4 is 5.32 Å². The van der Waals surface area contributed by atoms with Gasteiger partial charge < -0.3 is 5.32 Å². The summed E-state index contributed by atoms with van der Waals surface area (Å²) in [7, 11) is 0. The van der Waals surface area contributed by atoms with Gasteiger partial charge in [0, 0.05) is 28.8 Å². The summed E-state index contributed by atoms with van der Waals surface area (Å²) in [6, 6.07) is 5.97. The number of hydrogen-bond acceptors (Lipinski definition) is 2. The summed E-state index contributed by atoms with van der Waals surface area (Å²) in [6.07, 6.45) is 1.80. The summed E-state index contributed by atoms with van der Waals surface area (Å²) in [5.41, 5.74) is 3.13. The number of rotatable bonds is 2. The second-order valence-electron chi connectivity index (χ2n) is 3.51. The minimum absolute atomic E-state index is 0.767. The molecule has 1 heterocycles. The van der Waals surface area contributed by atoms with Gasteiger partial charge in [-0.25, -0.2) is 0 Å². The monoisotopic (exact) mass is 220 g/mol. The van der Waals surface area contributed by atoms with Crippen molar-refractivity contribution in [3.05, 3.63) is 35.0 Å². The lowest BCUT2D eigenvalue weighted by atomic mass is 10.1. The molecule has 2 aromatic rings. The fraction of sp³-hybridized carbons (Fsp3) is 0.250. The van der Waals surface area contributed by atoms with Crippen molar-refractivity contribution in [2.24, 2.45) is 0 Å². The highest BCUT2D eigenvalue weighted by molar-refractivity contribution is 6.32. The zero-order valence-corrected chi connectivity index (χ0v) is 9.60. The van der Waals surface area contributed by atoms with Crippen LogP contribution in [-0.2, 0) is 0 Å². The van der Waals surface area contributed by atoms with Crippen molar-refractivity contribution >= 4 is 28.2 Å². The molecule has 2 nitrogen and oxygen atoms in total. The first kappa shape index (κ1) is 10.2. The van der Waals surface area contributed by atoms with E-state index in [1.54, 1.807) is 6.20 Å². The molecule has 0 saturated heterocycles. The highest BCUT2D eigenvalue weighted by Gasteiger charge is 2.04. The highest BCUT2D eigenvalue weighted by Crippen LogP contribution is 2.27. The third-order valence-corrected chi connectivity index (χ3v) is 2.80. The molecule has 0 aliphatic heterocycles. The van der Waals surface area contributed by atoms with Crippen molar-refractivity contribution in [3.63, 3.8) is 0 Å². The lowest BCUT2D eigenvalue weighted by Gasteiger charge is -2.08. The Balaban J connectivity index is 2.68. The Morgan fingerprint density at radius 1 is 1.40 bits per heavy atom. The summed E-state index contributed by atoms with van der Waals surface area (Å²) in [6.45, 7) is 4.99. The van der Waals surface area contributed by atoms with Gasteiger partial charge in [0.25, 0.3) is 0 Å². The van der Waals surface area contributed by atoms with Crippen molar-refractivity contribution in [1.29, 1.82) is 0 Å². The number of benzene rings is 1. The van der Waals surface area contributed by atoms with E-state index in [1.165, 1.54) is 0 Å². The molecule has 0 saturated carbocycles. The average Bonchev–Trinajstić information content (AvgIpc) is 2.21. The molecule has 0 fully saturated rings. The predicted molar refractivity (Wildman–Crippen MR) is 65.7 cm³/mol. The lowest BCUT2D eigenvalue weighted by Crippen LogP contribution is -1.97. The molecule has 78 valence electrons. The Hall–Kier alpha value is -1.28. The zero-order valence-electron chi connectivity index (χ0n) is 8.84. The van der Waals surface area contributed by atoms with E-state index in [1.807, 2.05) is 19.1 Å². The molecule has 0 atom stereocenters. The van der Waals surface area contributed by atoms with Crippen LogP contribution in [0.1, 0.15) is 12.5 Å². The number of pyridine rings is 1. The smallest absolute Gasteiger partial charge is 0.0737 e.